The van der Waals surface area contributed by atoms with E-state index in [2.05, 4.69) is 9.89 Å². The topological polar surface area (TPSA) is 94.4 Å². The van der Waals surface area contributed by atoms with Crippen molar-refractivity contribution >= 4 is 19.0 Å². The zero-order valence-electron chi connectivity index (χ0n) is 9.50. The minimum Gasteiger partial charge on any atom is -0.461 e. The summed E-state index contributed by atoms with van der Waals surface area (Å²) >= 11 is 0. The zero-order valence-corrected chi connectivity index (χ0v) is 10.4. The van der Waals surface area contributed by atoms with Gasteiger partial charge in [0.1, 0.15) is 0 Å². The molecule has 0 heterocycles. The molecule has 0 aliphatic heterocycles. The summed E-state index contributed by atoms with van der Waals surface area (Å²) in [6.07, 6.45) is 0. The van der Waals surface area contributed by atoms with Crippen molar-refractivity contribution in [2.45, 2.75) is 20.8 Å². The average molecular weight is 253 g/mol. The number of ether oxygens (including phenoxy) is 1. The van der Waals surface area contributed by atoms with Gasteiger partial charge in [-0.1, -0.05) is 5.16 Å². The fourth-order valence-corrected chi connectivity index (χ4v) is 2.30. The minimum absolute atomic E-state index is 0.0513. The minimum atomic E-state index is -3.89. The van der Waals surface area contributed by atoms with Crippen LogP contribution in [-0.4, -0.2) is 36.4 Å². The largest absolute Gasteiger partial charge is 0.461 e. The smallest absolute Gasteiger partial charge is 0.390 e. The van der Waals surface area contributed by atoms with Gasteiger partial charge in [0.15, 0.2) is 0 Å². The molecule has 0 aliphatic rings. The Kier molecular flexibility index (Phi) is 6.96. The number of carbonyl (C=O) groups is 1. The molecule has 0 aliphatic carbocycles. The predicted octanol–water partition coefficient (Wildman–Crippen LogP) is 1.60. The van der Waals surface area contributed by atoms with Gasteiger partial charge in [0.05, 0.1) is 19.8 Å². The van der Waals surface area contributed by atoms with Crippen molar-refractivity contribution in [3.8, 4) is 0 Å². The third-order valence-electron chi connectivity index (χ3n) is 1.41. The first-order valence-corrected chi connectivity index (χ1v) is 6.38. The van der Waals surface area contributed by atoms with E-state index in [9.17, 15) is 9.36 Å². The Hall–Kier alpha value is -0.910. The van der Waals surface area contributed by atoms with Gasteiger partial charge in [0.25, 0.3) is 5.45 Å². The maximum absolute atomic E-state index is 12.0. The molecule has 7 nitrogen and oxygen atoms in total. The van der Waals surface area contributed by atoms with Crippen molar-refractivity contribution in [1.82, 2.24) is 0 Å². The van der Waals surface area contributed by atoms with E-state index in [0.717, 1.165) is 0 Å². The molecule has 0 aromatic heterocycles. The van der Waals surface area contributed by atoms with Gasteiger partial charge in [0.2, 0.25) is 0 Å². The third kappa shape index (κ3) is 3.92. The Morgan fingerprint density at radius 3 is 2.00 bits per heavy atom. The maximum atomic E-state index is 12.0. The van der Waals surface area contributed by atoms with E-state index < -0.39 is 19.0 Å². The molecule has 0 fully saturated rings. The first kappa shape index (κ1) is 15.1. The monoisotopic (exact) mass is 253 g/mol. The van der Waals surface area contributed by atoms with Gasteiger partial charge in [-0.25, -0.2) is 4.79 Å². The normalized spacial score (nSPS) is 12.6. The van der Waals surface area contributed by atoms with Crippen molar-refractivity contribution < 1.29 is 28.4 Å². The van der Waals surface area contributed by atoms with E-state index in [4.69, 9.17) is 14.3 Å². The van der Waals surface area contributed by atoms with Crippen molar-refractivity contribution in [2.75, 3.05) is 19.8 Å². The molecule has 0 unspecified atom stereocenters. The molecule has 0 saturated carbocycles. The second-order valence-corrected chi connectivity index (χ2v) is 4.41. The van der Waals surface area contributed by atoms with E-state index in [1.165, 1.54) is 0 Å². The van der Waals surface area contributed by atoms with Gasteiger partial charge in [0, 0.05) is 0 Å². The molecular formula is C8H16NO6P. The van der Waals surface area contributed by atoms with Crippen LogP contribution >= 0.6 is 7.60 Å². The van der Waals surface area contributed by atoms with Crippen LogP contribution in [0.3, 0.4) is 0 Å². The van der Waals surface area contributed by atoms with Gasteiger partial charge >= 0.3 is 13.6 Å². The molecule has 0 atom stereocenters. The van der Waals surface area contributed by atoms with E-state index >= 15 is 0 Å². The van der Waals surface area contributed by atoms with Gasteiger partial charge in [-0.05, 0) is 20.8 Å². The molecule has 16 heavy (non-hydrogen) atoms. The number of hydrogen-bond acceptors (Lipinski definition) is 7. The highest BCUT2D eigenvalue weighted by Gasteiger charge is 2.39. The van der Waals surface area contributed by atoms with Crippen LogP contribution in [0.4, 0.5) is 0 Å². The van der Waals surface area contributed by atoms with Crippen molar-refractivity contribution in [3.05, 3.63) is 0 Å². The van der Waals surface area contributed by atoms with Gasteiger partial charge in [-0.2, -0.15) is 0 Å². The molecule has 94 valence electrons. The number of nitrogens with zero attached hydrogens (tertiary/aromatic N) is 1. The Bertz CT molecular complexity index is 293. The highest BCUT2D eigenvalue weighted by Crippen LogP contribution is 2.49. The summed E-state index contributed by atoms with van der Waals surface area (Å²) in [5, 5.41) is 11.3. The molecule has 0 radical (unpaired) electrons. The molecule has 0 spiro atoms. The Morgan fingerprint density at radius 1 is 1.19 bits per heavy atom. The van der Waals surface area contributed by atoms with Crippen LogP contribution in [0.25, 0.3) is 0 Å². The molecular weight excluding hydrogens is 237 g/mol. The number of hydrogen-bond donors (Lipinski definition) is 1. The van der Waals surface area contributed by atoms with Crippen LogP contribution in [0.5, 0.6) is 0 Å². The Labute approximate surface area is 93.9 Å². The van der Waals surface area contributed by atoms with Crippen LogP contribution in [0.2, 0.25) is 0 Å². The Morgan fingerprint density at radius 2 is 1.69 bits per heavy atom. The van der Waals surface area contributed by atoms with Gasteiger partial charge < -0.3 is 19.0 Å². The standard InChI is InChI=1S/C8H16NO6P/c1-4-13-8(10)7(9-11)16(12,14-5-2)15-6-3/h11H,4-6H2,1-3H3. The molecule has 0 aromatic rings. The first-order chi connectivity index (χ1) is 7.55. The van der Waals surface area contributed by atoms with Crippen LogP contribution < -0.4 is 0 Å². The molecule has 0 amide bonds. The van der Waals surface area contributed by atoms with Crippen LogP contribution in [0.15, 0.2) is 5.16 Å². The van der Waals surface area contributed by atoms with Gasteiger partial charge in [-0.15, -0.1) is 0 Å². The second kappa shape index (κ2) is 7.38. The lowest BCUT2D eigenvalue weighted by molar-refractivity contribution is -0.134. The predicted molar refractivity (Wildman–Crippen MR) is 56.7 cm³/mol. The summed E-state index contributed by atoms with van der Waals surface area (Å²) in [7, 11) is -3.89. The van der Waals surface area contributed by atoms with Crippen LogP contribution in [-0.2, 0) is 23.1 Å². The van der Waals surface area contributed by atoms with Gasteiger partial charge in [-0.3, -0.25) is 4.57 Å². The van der Waals surface area contributed by atoms with Crippen molar-refractivity contribution in [2.24, 2.45) is 5.16 Å². The maximum Gasteiger partial charge on any atom is 0.390 e. The second-order valence-electron chi connectivity index (χ2n) is 2.48. The summed E-state index contributed by atoms with van der Waals surface area (Å²) < 4.78 is 26.3. The fourth-order valence-electron chi connectivity index (χ4n) is 0.903. The summed E-state index contributed by atoms with van der Waals surface area (Å²) in [5.74, 6) is -1.02. The summed E-state index contributed by atoms with van der Waals surface area (Å²) in [4.78, 5) is 11.3. The van der Waals surface area contributed by atoms with Crippen LogP contribution in [0.1, 0.15) is 20.8 Å². The SMILES string of the molecule is CCOC(=O)C(=NO)P(=O)(OCC)OCC. The zero-order chi connectivity index (χ0) is 12.6. The van der Waals surface area contributed by atoms with Crippen molar-refractivity contribution in [3.63, 3.8) is 0 Å². The quantitative estimate of drug-likeness (QED) is 0.243. The van der Waals surface area contributed by atoms with E-state index in [1.54, 1.807) is 20.8 Å². The van der Waals surface area contributed by atoms with E-state index in [-0.39, 0.29) is 19.8 Å². The fraction of sp³-hybridized carbons (Fsp3) is 0.750. The highest BCUT2D eigenvalue weighted by molar-refractivity contribution is 7.75. The number of carbonyl (C=O) groups excluding carboxylic acids is 1. The Balaban J connectivity index is 5.01. The number of oxime groups is 1. The molecule has 8 heteroatoms. The first-order valence-electron chi connectivity index (χ1n) is 4.84. The molecule has 0 bridgehead atoms. The summed E-state index contributed by atoms with van der Waals surface area (Å²) in [6, 6.07) is 0. The molecule has 1 N–H and O–H groups in total. The lowest BCUT2D eigenvalue weighted by Crippen LogP contribution is -2.20. The summed E-state index contributed by atoms with van der Waals surface area (Å²) in [5.41, 5.74) is -0.738. The molecule has 0 rings (SSSR count). The van der Waals surface area contributed by atoms with E-state index in [1.807, 2.05) is 0 Å². The average Bonchev–Trinajstić information content (AvgIpc) is 2.19. The molecule has 0 saturated heterocycles. The van der Waals surface area contributed by atoms with E-state index in [0.29, 0.717) is 0 Å². The highest BCUT2D eigenvalue weighted by atomic mass is 31.2. The van der Waals surface area contributed by atoms with Crippen molar-refractivity contribution in [1.29, 1.82) is 0 Å². The lowest BCUT2D eigenvalue weighted by Gasteiger charge is -2.16. The number of rotatable bonds is 7. The third-order valence-corrected chi connectivity index (χ3v) is 3.40. The molecule has 0 aromatic carbocycles. The van der Waals surface area contributed by atoms with Crippen LogP contribution in [0, 0.1) is 0 Å². The summed E-state index contributed by atoms with van der Waals surface area (Å²) in [6.45, 7) is 4.89. The lowest BCUT2D eigenvalue weighted by atomic mass is 10.7. The number of esters is 1.